The number of rotatable bonds is 3. The number of carbonyl (C=O) groups is 2. The van der Waals surface area contributed by atoms with Crippen LogP contribution < -0.4 is 10.1 Å². The smallest absolute Gasteiger partial charge is 0.317 e. The van der Waals surface area contributed by atoms with Gasteiger partial charge in [0.2, 0.25) is 0 Å². The number of nitrogens with zero attached hydrogens (tertiary/aromatic N) is 2. The van der Waals surface area contributed by atoms with E-state index in [1.807, 2.05) is 39.8 Å². The molecule has 0 atom stereocenters. The highest BCUT2D eigenvalue weighted by Crippen LogP contribution is 2.26. The van der Waals surface area contributed by atoms with E-state index >= 15 is 0 Å². The van der Waals surface area contributed by atoms with Gasteiger partial charge in [0.25, 0.3) is 5.91 Å². The van der Waals surface area contributed by atoms with Gasteiger partial charge in [-0.1, -0.05) is 6.07 Å². The molecule has 0 aromatic heterocycles. The van der Waals surface area contributed by atoms with Gasteiger partial charge in [-0.15, -0.1) is 0 Å². The lowest BCUT2D eigenvalue weighted by Gasteiger charge is -2.35. The summed E-state index contributed by atoms with van der Waals surface area (Å²) in [6.45, 7) is 9.91. The summed E-state index contributed by atoms with van der Waals surface area (Å²) in [7, 11) is 1.58. The van der Waals surface area contributed by atoms with Gasteiger partial charge >= 0.3 is 6.03 Å². The maximum atomic E-state index is 12.9. The first-order valence-electron chi connectivity index (χ1n) is 8.33. The Kier molecular flexibility index (Phi) is 5.70. The molecular formula is C18H27N3O3. The largest absolute Gasteiger partial charge is 0.496 e. The fourth-order valence-corrected chi connectivity index (χ4v) is 2.97. The summed E-state index contributed by atoms with van der Waals surface area (Å²) in [6.07, 6.45) is 0. The van der Waals surface area contributed by atoms with Crippen LogP contribution >= 0.6 is 0 Å². The van der Waals surface area contributed by atoms with Crippen molar-refractivity contribution in [1.82, 2.24) is 15.1 Å². The van der Waals surface area contributed by atoms with Crippen molar-refractivity contribution in [2.75, 3.05) is 33.3 Å². The summed E-state index contributed by atoms with van der Waals surface area (Å²) in [6, 6.07) is 3.91. The Hall–Kier alpha value is -2.24. The predicted molar refractivity (Wildman–Crippen MR) is 93.6 cm³/mol. The number of amides is 3. The molecule has 0 radical (unpaired) electrons. The van der Waals surface area contributed by atoms with Crippen LogP contribution in [-0.4, -0.2) is 61.1 Å². The van der Waals surface area contributed by atoms with Crippen LogP contribution in [0.5, 0.6) is 5.75 Å². The Morgan fingerprint density at radius 1 is 1.08 bits per heavy atom. The average molecular weight is 333 g/mol. The van der Waals surface area contributed by atoms with Gasteiger partial charge in [0.15, 0.2) is 0 Å². The standard InChI is InChI=1S/C18H27N3O3/c1-12(2)19-18(23)21-8-6-20(7-9-21)17(22)16-14(4)10-13(3)11-15(16)24-5/h10-12H,6-9H2,1-5H3,(H,19,23). The van der Waals surface area contributed by atoms with Crippen molar-refractivity contribution >= 4 is 11.9 Å². The van der Waals surface area contributed by atoms with Crippen LogP contribution in [0.25, 0.3) is 0 Å². The lowest BCUT2D eigenvalue weighted by Crippen LogP contribution is -2.54. The number of carbonyl (C=O) groups excluding carboxylic acids is 2. The summed E-state index contributed by atoms with van der Waals surface area (Å²) in [5.74, 6) is 0.575. The summed E-state index contributed by atoms with van der Waals surface area (Å²) in [5.41, 5.74) is 2.59. The number of hydrogen-bond donors (Lipinski definition) is 1. The molecule has 6 heteroatoms. The Bertz CT molecular complexity index is 620. The molecule has 24 heavy (non-hydrogen) atoms. The van der Waals surface area contributed by atoms with Gasteiger partial charge in [0, 0.05) is 32.2 Å². The Morgan fingerprint density at radius 2 is 1.67 bits per heavy atom. The van der Waals surface area contributed by atoms with Crippen molar-refractivity contribution in [2.24, 2.45) is 0 Å². The van der Waals surface area contributed by atoms with Crippen LogP contribution in [0.2, 0.25) is 0 Å². The second-order valence-electron chi connectivity index (χ2n) is 6.54. The van der Waals surface area contributed by atoms with E-state index in [9.17, 15) is 9.59 Å². The molecular weight excluding hydrogens is 306 g/mol. The third kappa shape index (κ3) is 3.99. The highest BCUT2D eigenvalue weighted by atomic mass is 16.5. The first-order chi connectivity index (χ1) is 11.3. The molecule has 2 rings (SSSR count). The average Bonchev–Trinajstić information content (AvgIpc) is 2.53. The quantitative estimate of drug-likeness (QED) is 0.922. The van der Waals surface area contributed by atoms with E-state index in [2.05, 4.69) is 5.32 Å². The van der Waals surface area contributed by atoms with E-state index in [1.54, 1.807) is 16.9 Å². The van der Waals surface area contributed by atoms with Gasteiger partial charge in [-0.25, -0.2) is 4.79 Å². The Morgan fingerprint density at radius 3 is 2.21 bits per heavy atom. The molecule has 3 amide bonds. The molecule has 1 aliphatic rings. The molecule has 1 fully saturated rings. The number of piperazine rings is 1. The number of aryl methyl sites for hydroxylation is 2. The van der Waals surface area contributed by atoms with E-state index < -0.39 is 0 Å². The molecule has 1 aromatic carbocycles. The van der Waals surface area contributed by atoms with Crippen molar-refractivity contribution in [1.29, 1.82) is 0 Å². The highest BCUT2D eigenvalue weighted by molar-refractivity contribution is 5.98. The third-order valence-electron chi connectivity index (χ3n) is 4.14. The molecule has 0 spiro atoms. The normalized spacial score (nSPS) is 14.8. The Balaban J connectivity index is 2.07. The van der Waals surface area contributed by atoms with Crippen molar-refractivity contribution in [3.05, 3.63) is 28.8 Å². The predicted octanol–water partition coefficient (Wildman–Crippen LogP) is 2.19. The molecule has 0 unspecified atom stereocenters. The molecule has 6 nitrogen and oxygen atoms in total. The zero-order valence-electron chi connectivity index (χ0n) is 15.2. The summed E-state index contributed by atoms with van der Waals surface area (Å²) in [5, 5.41) is 2.89. The van der Waals surface area contributed by atoms with E-state index in [-0.39, 0.29) is 18.0 Å². The topological polar surface area (TPSA) is 61.9 Å². The van der Waals surface area contributed by atoms with E-state index in [0.717, 1.165) is 11.1 Å². The lowest BCUT2D eigenvalue weighted by atomic mass is 10.0. The molecule has 0 saturated carbocycles. The van der Waals surface area contributed by atoms with Crippen molar-refractivity contribution in [3.8, 4) is 5.75 Å². The van der Waals surface area contributed by atoms with Gasteiger partial charge in [0.05, 0.1) is 12.7 Å². The van der Waals surface area contributed by atoms with Crippen molar-refractivity contribution in [2.45, 2.75) is 33.7 Å². The first-order valence-corrected chi connectivity index (χ1v) is 8.33. The minimum Gasteiger partial charge on any atom is -0.496 e. The second kappa shape index (κ2) is 7.55. The lowest BCUT2D eigenvalue weighted by molar-refractivity contribution is 0.0660. The van der Waals surface area contributed by atoms with E-state index in [4.69, 9.17) is 4.74 Å². The van der Waals surface area contributed by atoms with Crippen LogP contribution in [0.1, 0.15) is 35.3 Å². The van der Waals surface area contributed by atoms with Crippen molar-refractivity contribution in [3.63, 3.8) is 0 Å². The fourth-order valence-electron chi connectivity index (χ4n) is 2.97. The zero-order chi connectivity index (χ0) is 17.9. The number of nitrogens with one attached hydrogen (secondary N) is 1. The molecule has 1 N–H and O–H groups in total. The fraction of sp³-hybridized carbons (Fsp3) is 0.556. The van der Waals surface area contributed by atoms with Crippen LogP contribution in [0, 0.1) is 13.8 Å². The molecule has 0 aliphatic carbocycles. The Labute approximate surface area is 143 Å². The van der Waals surface area contributed by atoms with Crippen LogP contribution in [0.15, 0.2) is 12.1 Å². The minimum absolute atomic E-state index is 0.0340. The molecule has 1 aliphatic heterocycles. The summed E-state index contributed by atoms with van der Waals surface area (Å²) in [4.78, 5) is 28.5. The van der Waals surface area contributed by atoms with Gasteiger partial charge in [-0.05, 0) is 44.9 Å². The van der Waals surface area contributed by atoms with Crippen LogP contribution in [0.3, 0.4) is 0 Å². The number of ether oxygens (including phenoxy) is 1. The van der Waals surface area contributed by atoms with Crippen LogP contribution in [-0.2, 0) is 0 Å². The SMILES string of the molecule is COc1cc(C)cc(C)c1C(=O)N1CCN(C(=O)NC(C)C)CC1. The number of benzene rings is 1. The zero-order valence-corrected chi connectivity index (χ0v) is 15.2. The third-order valence-corrected chi connectivity index (χ3v) is 4.14. The summed E-state index contributed by atoms with van der Waals surface area (Å²) >= 11 is 0. The number of methoxy groups -OCH3 is 1. The van der Waals surface area contributed by atoms with Gasteiger partial charge < -0.3 is 19.9 Å². The molecule has 1 heterocycles. The maximum absolute atomic E-state index is 12.9. The number of urea groups is 1. The monoisotopic (exact) mass is 333 g/mol. The molecule has 0 bridgehead atoms. The number of hydrogen-bond acceptors (Lipinski definition) is 3. The van der Waals surface area contributed by atoms with Gasteiger partial charge in [-0.3, -0.25) is 4.79 Å². The first kappa shape index (κ1) is 18.1. The van der Waals surface area contributed by atoms with Gasteiger partial charge in [-0.2, -0.15) is 0 Å². The molecule has 1 aromatic rings. The second-order valence-corrected chi connectivity index (χ2v) is 6.54. The molecule has 132 valence electrons. The van der Waals surface area contributed by atoms with E-state index in [1.165, 1.54) is 0 Å². The van der Waals surface area contributed by atoms with Gasteiger partial charge in [0.1, 0.15) is 5.75 Å². The van der Waals surface area contributed by atoms with Crippen LogP contribution in [0.4, 0.5) is 4.79 Å². The van der Waals surface area contributed by atoms with Crippen molar-refractivity contribution < 1.29 is 14.3 Å². The summed E-state index contributed by atoms with van der Waals surface area (Å²) < 4.78 is 5.40. The van der Waals surface area contributed by atoms with E-state index in [0.29, 0.717) is 37.5 Å². The highest BCUT2D eigenvalue weighted by Gasteiger charge is 2.27. The minimum atomic E-state index is -0.0683. The molecule has 1 saturated heterocycles. The maximum Gasteiger partial charge on any atom is 0.317 e.